The minimum atomic E-state index is -0.0993. The molecule has 0 spiro atoms. The summed E-state index contributed by atoms with van der Waals surface area (Å²) in [7, 11) is 0. The molecule has 11 rings (SSSR count). The lowest BCUT2D eigenvalue weighted by molar-refractivity contribution is 0.660. The van der Waals surface area contributed by atoms with Crippen LogP contribution in [0.5, 0.6) is 0 Å². The van der Waals surface area contributed by atoms with Crippen molar-refractivity contribution in [2.24, 2.45) is 0 Å². The van der Waals surface area contributed by atoms with E-state index in [4.69, 9.17) is 4.42 Å². The quantitative estimate of drug-likeness (QED) is 0.188. The van der Waals surface area contributed by atoms with Crippen molar-refractivity contribution in [2.75, 3.05) is 4.90 Å². The Labute approximate surface area is 296 Å². The molecule has 0 radical (unpaired) electrons. The van der Waals surface area contributed by atoms with Crippen LogP contribution in [0.15, 0.2) is 168 Å². The van der Waals surface area contributed by atoms with Crippen molar-refractivity contribution < 1.29 is 4.42 Å². The molecule has 9 aromatic rings. The Morgan fingerprint density at radius 2 is 1.12 bits per heavy atom. The summed E-state index contributed by atoms with van der Waals surface area (Å²) >= 11 is 0. The number of nitrogens with zero attached hydrogens (tertiary/aromatic N) is 1. The summed E-state index contributed by atoms with van der Waals surface area (Å²) in [4.78, 5) is 2.46. The van der Waals surface area contributed by atoms with E-state index in [1.165, 1.54) is 61.0 Å². The van der Waals surface area contributed by atoms with Crippen molar-refractivity contribution in [1.29, 1.82) is 0 Å². The van der Waals surface area contributed by atoms with Gasteiger partial charge in [0.05, 0.1) is 5.69 Å². The van der Waals surface area contributed by atoms with Crippen LogP contribution in [0.25, 0.3) is 77.2 Å². The maximum absolute atomic E-state index is 6.44. The summed E-state index contributed by atoms with van der Waals surface area (Å²) in [6.45, 7) is 4.71. The summed E-state index contributed by atoms with van der Waals surface area (Å²) in [5, 5.41) is 4.92. The molecule has 240 valence electrons. The fourth-order valence-electron chi connectivity index (χ4n) is 9.03. The van der Waals surface area contributed by atoms with E-state index in [-0.39, 0.29) is 5.41 Å². The van der Waals surface area contributed by atoms with E-state index in [0.717, 1.165) is 44.4 Å². The second kappa shape index (κ2) is 10.3. The SMILES string of the molecule is CC1(C)c2ccccc2-c2c(N(c3ccc(-c4cccc5c4oc4ccccc45)cc3)c3ccc4c(c3)-c3cccc5cccc-4c35)cccc21. The molecule has 2 aliphatic carbocycles. The number of rotatable bonds is 4. The van der Waals surface area contributed by atoms with Crippen LogP contribution in [-0.2, 0) is 5.41 Å². The lowest BCUT2D eigenvalue weighted by Crippen LogP contribution is -2.16. The maximum atomic E-state index is 6.44. The minimum Gasteiger partial charge on any atom is -0.455 e. The maximum Gasteiger partial charge on any atom is 0.143 e. The zero-order valence-corrected chi connectivity index (χ0v) is 28.4. The van der Waals surface area contributed by atoms with Gasteiger partial charge in [-0.2, -0.15) is 0 Å². The average molecular weight is 652 g/mol. The second-order valence-corrected chi connectivity index (χ2v) is 14.5. The third-order valence-corrected chi connectivity index (χ3v) is 11.4. The molecule has 0 saturated carbocycles. The van der Waals surface area contributed by atoms with Gasteiger partial charge in [0.2, 0.25) is 0 Å². The van der Waals surface area contributed by atoms with Gasteiger partial charge in [0.15, 0.2) is 0 Å². The van der Waals surface area contributed by atoms with Crippen LogP contribution in [0, 0.1) is 0 Å². The first kappa shape index (κ1) is 28.5. The molecule has 0 fully saturated rings. The normalized spacial score (nSPS) is 13.5. The van der Waals surface area contributed by atoms with Crippen LogP contribution < -0.4 is 4.90 Å². The average Bonchev–Trinajstić information content (AvgIpc) is 3.79. The predicted molar refractivity (Wildman–Crippen MR) is 213 cm³/mol. The molecule has 2 heteroatoms. The monoisotopic (exact) mass is 651 g/mol. The number of furan rings is 1. The van der Waals surface area contributed by atoms with Gasteiger partial charge in [-0.1, -0.05) is 141 Å². The number of hydrogen-bond donors (Lipinski definition) is 0. The third-order valence-electron chi connectivity index (χ3n) is 11.4. The van der Waals surface area contributed by atoms with Crippen LogP contribution in [0.3, 0.4) is 0 Å². The largest absolute Gasteiger partial charge is 0.455 e. The molecule has 0 amide bonds. The molecule has 0 bridgehead atoms. The highest BCUT2D eigenvalue weighted by Crippen LogP contribution is 2.55. The fourth-order valence-corrected chi connectivity index (χ4v) is 9.03. The topological polar surface area (TPSA) is 16.4 Å². The third kappa shape index (κ3) is 3.93. The highest BCUT2D eigenvalue weighted by molar-refractivity contribution is 6.16. The molecule has 0 N–H and O–H groups in total. The summed E-state index contributed by atoms with van der Waals surface area (Å²) in [5.41, 5.74) is 18.0. The standard InChI is InChI=1S/C49H33NO/c1-49(2)42-19-5-3-14-40(42)47-43(49)20-10-21-44(47)50(33-27-28-35-37-16-7-11-31-12-8-17-38(46(31)37)41(35)29-33)32-25-23-30(24-26-32)34-15-9-18-39-36-13-4-6-22-45(36)51-48(34)39/h3-29H,1-2H3. The molecule has 2 nitrogen and oxygen atoms in total. The number of hydrogen-bond acceptors (Lipinski definition) is 2. The highest BCUT2D eigenvalue weighted by atomic mass is 16.3. The molecule has 8 aromatic carbocycles. The van der Waals surface area contributed by atoms with E-state index in [9.17, 15) is 0 Å². The first-order valence-corrected chi connectivity index (χ1v) is 17.8. The van der Waals surface area contributed by atoms with E-state index in [1.54, 1.807) is 0 Å². The van der Waals surface area contributed by atoms with Gasteiger partial charge in [-0.25, -0.2) is 0 Å². The highest BCUT2D eigenvalue weighted by Gasteiger charge is 2.38. The lowest BCUT2D eigenvalue weighted by Gasteiger charge is -2.29. The van der Waals surface area contributed by atoms with Crippen molar-refractivity contribution in [3.63, 3.8) is 0 Å². The van der Waals surface area contributed by atoms with Crippen LogP contribution >= 0.6 is 0 Å². The molecule has 1 aromatic heterocycles. The fraction of sp³-hybridized carbons (Fsp3) is 0.0612. The lowest BCUT2D eigenvalue weighted by atomic mass is 9.82. The first-order chi connectivity index (χ1) is 25.1. The smallest absolute Gasteiger partial charge is 0.143 e. The molecule has 0 saturated heterocycles. The van der Waals surface area contributed by atoms with E-state index >= 15 is 0 Å². The van der Waals surface area contributed by atoms with Crippen molar-refractivity contribution in [2.45, 2.75) is 19.3 Å². The molecular formula is C49H33NO. The molecular weight excluding hydrogens is 619 g/mol. The van der Waals surface area contributed by atoms with Crippen molar-refractivity contribution in [1.82, 2.24) is 0 Å². The summed E-state index contributed by atoms with van der Waals surface area (Å²) in [5.74, 6) is 0. The van der Waals surface area contributed by atoms with Crippen LogP contribution in [0.1, 0.15) is 25.0 Å². The zero-order chi connectivity index (χ0) is 33.8. The van der Waals surface area contributed by atoms with Crippen molar-refractivity contribution in [3.05, 3.63) is 175 Å². The van der Waals surface area contributed by atoms with Gasteiger partial charge in [0, 0.05) is 38.7 Å². The summed E-state index contributed by atoms with van der Waals surface area (Å²) < 4.78 is 6.44. The number of para-hydroxylation sites is 2. The molecule has 0 atom stereocenters. The Balaban J connectivity index is 1.12. The number of benzene rings is 8. The van der Waals surface area contributed by atoms with Gasteiger partial charge >= 0.3 is 0 Å². The van der Waals surface area contributed by atoms with E-state index < -0.39 is 0 Å². The minimum absolute atomic E-state index is 0.0993. The van der Waals surface area contributed by atoms with Gasteiger partial charge < -0.3 is 9.32 Å². The summed E-state index contributed by atoms with van der Waals surface area (Å²) in [6.07, 6.45) is 0. The number of fused-ring (bicyclic) bond motifs is 9. The van der Waals surface area contributed by atoms with Gasteiger partial charge in [0.25, 0.3) is 0 Å². The van der Waals surface area contributed by atoms with E-state index in [2.05, 4.69) is 170 Å². The molecule has 1 heterocycles. The Bertz CT molecular complexity index is 2880. The molecule has 0 unspecified atom stereocenters. The van der Waals surface area contributed by atoms with Gasteiger partial charge in [-0.3, -0.25) is 0 Å². The van der Waals surface area contributed by atoms with Crippen LogP contribution in [0.2, 0.25) is 0 Å². The van der Waals surface area contributed by atoms with Crippen LogP contribution in [-0.4, -0.2) is 0 Å². The Morgan fingerprint density at radius 3 is 1.98 bits per heavy atom. The predicted octanol–water partition coefficient (Wildman–Crippen LogP) is 13.8. The van der Waals surface area contributed by atoms with E-state index in [1.807, 2.05) is 12.1 Å². The summed E-state index contributed by atoms with van der Waals surface area (Å²) in [6, 6.07) is 59.9. The van der Waals surface area contributed by atoms with Gasteiger partial charge in [-0.05, 0) is 91.7 Å². The Kier molecular flexibility index (Phi) is 5.76. The Morgan fingerprint density at radius 1 is 0.471 bits per heavy atom. The van der Waals surface area contributed by atoms with E-state index in [0.29, 0.717) is 0 Å². The molecule has 0 aliphatic heterocycles. The first-order valence-electron chi connectivity index (χ1n) is 17.8. The zero-order valence-electron chi connectivity index (χ0n) is 28.4. The molecule has 2 aliphatic rings. The Hall–Kier alpha value is -6.38. The molecule has 51 heavy (non-hydrogen) atoms. The van der Waals surface area contributed by atoms with Gasteiger partial charge in [0.1, 0.15) is 11.2 Å². The van der Waals surface area contributed by atoms with Crippen molar-refractivity contribution >= 4 is 49.8 Å². The van der Waals surface area contributed by atoms with Crippen molar-refractivity contribution in [3.8, 4) is 44.5 Å². The van der Waals surface area contributed by atoms with Gasteiger partial charge in [-0.15, -0.1) is 0 Å². The second-order valence-electron chi connectivity index (χ2n) is 14.5. The number of anilines is 3. The van der Waals surface area contributed by atoms with Crippen LogP contribution in [0.4, 0.5) is 17.1 Å².